The molecule has 0 atom stereocenters. The van der Waals surface area contributed by atoms with E-state index in [1.165, 1.54) is 0 Å². The van der Waals surface area contributed by atoms with Gasteiger partial charge in [-0.1, -0.05) is 36.4 Å². The van der Waals surface area contributed by atoms with Gasteiger partial charge in [0, 0.05) is 41.0 Å². The lowest BCUT2D eigenvalue weighted by atomic mass is 10.0. The Morgan fingerprint density at radius 1 is 0.767 bits per heavy atom. The summed E-state index contributed by atoms with van der Waals surface area (Å²) in [6.07, 6.45) is 0. The van der Waals surface area contributed by atoms with Gasteiger partial charge in [-0.2, -0.15) is 0 Å². The fourth-order valence-electron chi connectivity index (χ4n) is 3.80. The molecule has 30 heavy (non-hydrogen) atoms. The van der Waals surface area contributed by atoms with Gasteiger partial charge in [-0.25, -0.2) is 0 Å². The fraction of sp³-hybridized carbons (Fsp3) is 0.160. The van der Waals surface area contributed by atoms with Gasteiger partial charge in [0.15, 0.2) is 5.78 Å². The molecule has 1 aliphatic carbocycles. The molecule has 0 saturated carbocycles. The molecule has 0 aromatic heterocycles. The normalized spacial score (nSPS) is 11.6. The molecule has 4 rings (SSSR count). The van der Waals surface area contributed by atoms with E-state index >= 15 is 0 Å². The molecule has 0 unspecified atom stereocenters. The summed E-state index contributed by atoms with van der Waals surface area (Å²) in [5.41, 5.74) is 4.40. The third kappa shape index (κ3) is 3.39. The highest BCUT2D eigenvalue weighted by atomic mass is 16.2. The SMILES string of the molecule is CCN(CC)C(=O)c1cccc(NC(=O)c2ccc3c(c2)C(=O)c2ccccc2-3)c1. The third-order valence-corrected chi connectivity index (χ3v) is 5.41. The number of fused-ring (bicyclic) bond motifs is 3. The molecule has 0 heterocycles. The summed E-state index contributed by atoms with van der Waals surface area (Å²) in [7, 11) is 0. The number of hydrogen-bond donors (Lipinski definition) is 1. The Balaban J connectivity index is 1.57. The van der Waals surface area contributed by atoms with Crippen molar-refractivity contribution >= 4 is 23.3 Å². The van der Waals surface area contributed by atoms with Crippen molar-refractivity contribution in [2.75, 3.05) is 18.4 Å². The molecular formula is C25H22N2O3. The maximum absolute atomic E-state index is 12.8. The number of rotatable bonds is 5. The molecule has 0 radical (unpaired) electrons. The van der Waals surface area contributed by atoms with Crippen molar-refractivity contribution in [3.05, 3.63) is 89.0 Å². The number of nitrogens with zero attached hydrogens (tertiary/aromatic N) is 1. The minimum absolute atomic E-state index is 0.0675. The molecule has 2 amide bonds. The smallest absolute Gasteiger partial charge is 0.255 e. The van der Waals surface area contributed by atoms with E-state index in [9.17, 15) is 14.4 Å². The van der Waals surface area contributed by atoms with E-state index in [-0.39, 0.29) is 17.6 Å². The summed E-state index contributed by atoms with van der Waals surface area (Å²) in [5.74, 6) is -0.465. The van der Waals surface area contributed by atoms with Crippen LogP contribution in [0.5, 0.6) is 0 Å². The number of hydrogen-bond acceptors (Lipinski definition) is 3. The number of carbonyl (C=O) groups excluding carboxylic acids is 3. The highest BCUT2D eigenvalue weighted by molar-refractivity contribution is 6.22. The van der Waals surface area contributed by atoms with Crippen LogP contribution < -0.4 is 5.32 Å². The van der Waals surface area contributed by atoms with Crippen LogP contribution >= 0.6 is 0 Å². The minimum Gasteiger partial charge on any atom is -0.339 e. The van der Waals surface area contributed by atoms with Crippen molar-refractivity contribution in [1.82, 2.24) is 4.90 Å². The minimum atomic E-state index is -0.325. The van der Waals surface area contributed by atoms with Crippen LogP contribution in [0.4, 0.5) is 5.69 Å². The highest BCUT2D eigenvalue weighted by Gasteiger charge is 2.27. The van der Waals surface area contributed by atoms with E-state index < -0.39 is 0 Å². The van der Waals surface area contributed by atoms with Gasteiger partial charge in [-0.15, -0.1) is 0 Å². The first kappa shape index (κ1) is 19.6. The Kier molecular flexibility index (Phi) is 5.19. The van der Waals surface area contributed by atoms with Crippen LogP contribution in [0.2, 0.25) is 0 Å². The Morgan fingerprint density at radius 3 is 2.20 bits per heavy atom. The Labute approximate surface area is 175 Å². The predicted octanol–water partition coefficient (Wildman–Crippen LogP) is 4.63. The van der Waals surface area contributed by atoms with Gasteiger partial charge in [0.1, 0.15) is 0 Å². The molecule has 5 nitrogen and oxygen atoms in total. The zero-order valence-corrected chi connectivity index (χ0v) is 16.9. The van der Waals surface area contributed by atoms with Gasteiger partial charge in [0.05, 0.1) is 0 Å². The van der Waals surface area contributed by atoms with E-state index in [0.717, 1.165) is 11.1 Å². The molecule has 0 aliphatic heterocycles. The van der Waals surface area contributed by atoms with Crippen molar-refractivity contribution in [2.24, 2.45) is 0 Å². The molecule has 150 valence electrons. The number of benzene rings is 3. The molecule has 1 aliphatic rings. The van der Waals surface area contributed by atoms with Crippen molar-refractivity contribution in [3.63, 3.8) is 0 Å². The van der Waals surface area contributed by atoms with E-state index in [0.29, 0.717) is 41.0 Å². The van der Waals surface area contributed by atoms with Crippen molar-refractivity contribution < 1.29 is 14.4 Å². The standard InChI is InChI=1S/C25H22N2O3/c1-3-27(4-2)25(30)17-8-7-9-18(14-17)26-24(29)16-12-13-20-19-10-5-6-11-21(19)23(28)22(20)15-16/h5-15H,3-4H2,1-2H3,(H,26,29). The number of amides is 2. The largest absolute Gasteiger partial charge is 0.339 e. The third-order valence-electron chi connectivity index (χ3n) is 5.41. The maximum Gasteiger partial charge on any atom is 0.255 e. The molecule has 3 aromatic rings. The van der Waals surface area contributed by atoms with Gasteiger partial charge in [-0.3, -0.25) is 14.4 Å². The van der Waals surface area contributed by atoms with Crippen LogP contribution in [0, 0.1) is 0 Å². The fourth-order valence-corrected chi connectivity index (χ4v) is 3.80. The first-order chi connectivity index (χ1) is 14.5. The average molecular weight is 398 g/mol. The lowest BCUT2D eigenvalue weighted by Gasteiger charge is -2.19. The summed E-state index contributed by atoms with van der Waals surface area (Å²) in [5, 5.41) is 2.83. The van der Waals surface area contributed by atoms with E-state index in [4.69, 9.17) is 0 Å². The lowest BCUT2D eigenvalue weighted by molar-refractivity contribution is 0.0772. The first-order valence-electron chi connectivity index (χ1n) is 10.0. The van der Waals surface area contributed by atoms with Gasteiger partial charge in [-0.05, 0) is 55.3 Å². The summed E-state index contributed by atoms with van der Waals surface area (Å²) >= 11 is 0. The number of anilines is 1. The average Bonchev–Trinajstić information content (AvgIpc) is 3.06. The summed E-state index contributed by atoms with van der Waals surface area (Å²) in [6.45, 7) is 5.11. The summed E-state index contributed by atoms with van der Waals surface area (Å²) in [4.78, 5) is 39.8. The molecular weight excluding hydrogens is 376 g/mol. The quantitative estimate of drug-likeness (QED) is 0.533. The van der Waals surface area contributed by atoms with Crippen LogP contribution in [0.15, 0.2) is 66.7 Å². The van der Waals surface area contributed by atoms with Crippen LogP contribution in [-0.4, -0.2) is 35.6 Å². The zero-order valence-electron chi connectivity index (χ0n) is 16.9. The van der Waals surface area contributed by atoms with Gasteiger partial charge in [0.25, 0.3) is 11.8 Å². The predicted molar refractivity (Wildman–Crippen MR) is 117 cm³/mol. The molecule has 3 aromatic carbocycles. The van der Waals surface area contributed by atoms with Crippen molar-refractivity contribution in [3.8, 4) is 11.1 Å². The van der Waals surface area contributed by atoms with Crippen molar-refractivity contribution in [1.29, 1.82) is 0 Å². The topological polar surface area (TPSA) is 66.5 Å². The second-order valence-corrected chi connectivity index (χ2v) is 7.15. The molecule has 0 saturated heterocycles. The van der Waals surface area contributed by atoms with Gasteiger partial charge in [0.2, 0.25) is 0 Å². The van der Waals surface area contributed by atoms with Crippen molar-refractivity contribution in [2.45, 2.75) is 13.8 Å². The number of ketones is 1. The summed E-state index contributed by atoms with van der Waals surface area (Å²) < 4.78 is 0. The molecule has 5 heteroatoms. The van der Waals surface area contributed by atoms with Crippen LogP contribution in [0.1, 0.15) is 50.5 Å². The second kappa shape index (κ2) is 7.95. The van der Waals surface area contributed by atoms with E-state index in [1.807, 2.05) is 38.1 Å². The van der Waals surface area contributed by atoms with Gasteiger partial charge < -0.3 is 10.2 Å². The molecule has 0 fully saturated rings. The maximum atomic E-state index is 12.8. The lowest BCUT2D eigenvalue weighted by Crippen LogP contribution is -2.30. The second-order valence-electron chi connectivity index (χ2n) is 7.15. The van der Waals surface area contributed by atoms with Crippen LogP contribution in [0.25, 0.3) is 11.1 Å². The Morgan fingerprint density at radius 2 is 1.47 bits per heavy atom. The van der Waals surface area contributed by atoms with Crippen LogP contribution in [-0.2, 0) is 0 Å². The molecule has 1 N–H and O–H groups in total. The monoisotopic (exact) mass is 398 g/mol. The van der Waals surface area contributed by atoms with E-state index in [2.05, 4.69) is 5.32 Å². The van der Waals surface area contributed by atoms with E-state index in [1.54, 1.807) is 47.4 Å². The van der Waals surface area contributed by atoms with Crippen LogP contribution in [0.3, 0.4) is 0 Å². The number of nitrogens with one attached hydrogen (secondary N) is 1. The summed E-state index contributed by atoms with van der Waals surface area (Å²) in [6, 6.07) is 19.5. The van der Waals surface area contributed by atoms with Gasteiger partial charge >= 0.3 is 0 Å². The Hall–Kier alpha value is -3.73. The number of carbonyl (C=O) groups is 3. The Bertz CT molecular complexity index is 1160. The molecule has 0 spiro atoms. The highest BCUT2D eigenvalue weighted by Crippen LogP contribution is 2.36. The zero-order chi connectivity index (χ0) is 21.3. The molecule has 0 bridgehead atoms. The first-order valence-corrected chi connectivity index (χ1v) is 10.0.